The third-order valence-corrected chi connectivity index (χ3v) is 4.73. The van der Waals surface area contributed by atoms with Crippen LogP contribution < -0.4 is 0 Å². The van der Waals surface area contributed by atoms with Crippen molar-refractivity contribution in [3.05, 3.63) is 35.1 Å². The van der Waals surface area contributed by atoms with Crippen LogP contribution >= 0.6 is 0 Å². The van der Waals surface area contributed by atoms with E-state index in [9.17, 15) is 22.4 Å². The summed E-state index contributed by atoms with van der Waals surface area (Å²) in [6.45, 7) is 0.616. The quantitative estimate of drug-likeness (QED) is 0.751. The van der Waals surface area contributed by atoms with Crippen LogP contribution in [0.4, 0.5) is 17.6 Å². The van der Waals surface area contributed by atoms with Crippen LogP contribution in [0.1, 0.15) is 43.2 Å². The average molecular weight is 315 g/mol. The number of amides is 1. The number of carbonyl (C=O) groups is 1. The minimum atomic E-state index is -4.58. The summed E-state index contributed by atoms with van der Waals surface area (Å²) in [6, 6.07) is 2.48. The normalized spacial score (nSPS) is 21.1. The number of benzene rings is 1. The van der Waals surface area contributed by atoms with Gasteiger partial charge in [0.15, 0.2) is 0 Å². The van der Waals surface area contributed by atoms with E-state index in [0.717, 1.165) is 37.8 Å². The molecule has 1 aromatic rings. The predicted molar refractivity (Wildman–Crippen MR) is 72.3 cm³/mol. The van der Waals surface area contributed by atoms with Gasteiger partial charge in [0.05, 0.1) is 5.56 Å². The summed E-state index contributed by atoms with van der Waals surface area (Å²) in [5, 5.41) is 0. The fraction of sp³-hybridized carbons (Fsp3) is 0.562. The van der Waals surface area contributed by atoms with Crippen molar-refractivity contribution in [3.63, 3.8) is 0 Å². The van der Waals surface area contributed by atoms with E-state index < -0.39 is 17.6 Å². The van der Waals surface area contributed by atoms with Crippen LogP contribution in [0.25, 0.3) is 0 Å². The molecule has 1 amide bonds. The Kier molecular flexibility index (Phi) is 3.65. The molecule has 1 saturated heterocycles. The van der Waals surface area contributed by atoms with Crippen LogP contribution in [-0.2, 0) is 17.5 Å². The van der Waals surface area contributed by atoms with Gasteiger partial charge in [-0.15, -0.1) is 0 Å². The SMILES string of the molecule is O=C1CC2(CCCC2)CN1Cc1cc(F)cc(C(F)(F)F)c1. The number of nitrogens with zero attached hydrogens (tertiary/aromatic N) is 1. The molecule has 1 aliphatic heterocycles. The summed E-state index contributed by atoms with van der Waals surface area (Å²) in [5.41, 5.74) is -0.822. The highest BCUT2D eigenvalue weighted by Gasteiger charge is 2.44. The maximum absolute atomic E-state index is 13.4. The summed E-state index contributed by atoms with van der Waals surface area (Å²) >= 11 is 0. The maximum Gasteiger partial charge on any atom is 0.416 e. The summed E-state index contributed by atoms with van der Waals surface area (Å²) in [6.07, 6.45) is 0.0595. The van der Waals surface area contributed by atoms with Gasteiger partial charge in [0.1, 0.15) is 5.82 Å². The molecule has 2 fully saturated rings. The first-order valence-electron chi connectivity index (χ1n) is 7.42. The predicted octanol–water partition coefficient (Wildman–Crippen LogP) is 4.14. The molecule has 0 unspecified atom stereocenters. The zero-order valence-corrected chi connectivity index (χ0v) is 12.0. The maximum atomic E-state index is 13.4. The molecule has 0 N–H and O–H groups in total. The lowest BCUT2D eigenvalue weighted by atomic mass is 9.85. The smallest absolute Gasteiger partial charge is 0.338 e. The molecule has 0 atom stereocenters. The first kappa shape index (κ1) is 15.3. The van der Waals surface area contributed by atoms with Gasteiger partial charge in [0.2, 0.25) is 5.91 Å². The molecule has 2 aliphatic rings. The zero-order valence-electron chi connectivity index (χ0n) is 12.0. The van der Waals surface area contributed by atoms with Crippen molar-refractivity contribution in [1.82, 2.24) is 4.90 Å². The second kappa shape index (κ2) is 5.25. The summed E-state index contributed by atoms with van der Waals surface area (Å²) in [7, 11) is 0. The lowest BCUT2D eigenvalue weighted by molar-refractivity contribution is -0.137. The van der Waals surface area contributed by atoms with Crippen LogP contribution in [0.3, 0.4) is 0 Å². The Hall–Kier alpha value is -1.59. The topological polar surface area (TPSA) is 20.3 Å². The number of halogens is 4. The number of rotatable bonds is 2. The highest BCUT2D eigenvalue weighted by atomic mass is 19.4. The van der Waals surface area contributed by atoms with Crippen molar-refractivity contribution in [2.75, 3.05) is 6.54 Å². The molecular weight excluding hydrogens is 298 g/mol. The fourth-order valence-electron chi connectivity index (χ4n) is 3.71. The first-order valence-corrected chi connectivity index (χ1v) is 7.42. The van der Waals surface area contributed by atoms with Crippen molar-refractivity contribution in [2.24, 2.45) is 5.41 Å². The van der Waals surface area contributed by atoms with Crippen molar-refractivity contribution >= 4 is 5.91 Å². The Morgan fingerprint density at radius 2 is 1.82 bits per heavy atom. The van der Waals surface area contributed by atoms with E-state index in [2.05, 4.69) is 0 Å². The van der Waals surface area contributed by atoms with Crippen molar-refractivity contribution in [3.8, 4) is 0 Å². The minimum absolute atomic E-state index is 0.00271. The molecule has 1 aliphatic carbocycles. The van der Waals surface area contributed by atoms with Crippen molar-refractivity contribution in [1.29, 1.82) is 0 Å². The largest absolute Gasteiger partial charge is 0.416 e. The fourth-order valence-corrected chi connectivity index (χ4v) is 3.71. The van der Waals surface area contributed by atoms with Crippen molar-refractivity contribution < 1.29 is 22.4 Å². The molecule has 22 heavy (non-hydrogen) atoms. The number of hydrogen-bond acceptors (Lipinski definition) is 1. The molecule has 6 heteroatoms. The molecule has 2 nitrogen and oxygen atoms in total. The lowest BCUT2D eigenvalue weighted by Crippen LogP contribution is -2.27. The zero-order chi connectivity index (χ0) is 16.0. The second-order valence-corrected chi connectivity index (χ2v) is 6.48. The third-order valence-electron chi connectivity index (χ3n) is 4.73. The van der Waals surface area contributed by atoms with E-state index in [0.29, 0.717) is 19.0 Å². The second-order valence-electron chi connectivity index (χ2n) is 6.48. The third kappa shape index (κ3) is 2.96. The van der Waals surface area contributed by atoms with Crippen LogP contribution in [0, 0.1) is 11.2 Å². The van der Waals surface area contributed by atoms with E-state index >= 15 is 0 Å². The molecular formula is C16H17F4NO. The Labute approximate surface area is 126 Å². The summed E-state index contributed by atoms with van der Waals surface area (Å²) in [5.74, 6) is -0.966. The summed E-state index contributed by atoms with van der Waals surface area (Å²) in [4.78, 5) is 13.7. The van der Waals surface area contributed by atoms with Gasteiger partial charge in [0, 0.05) is 19.5 Å². The van der Waals surface area contributed by atoms with E-state index in [1.165, 1.54) is 0 Å². The lowest BCUT2D eigenvalue weighted by Gasteiger charge is -2.23. The Balaban J connectivity index is 1.79. The molecule has 0 bridgehead atoms. The van der Waals surface area contributed by atoms with Gasteiger partial charge in [-0.25, -0.2) is 4.39 Å². The van der Waals surface area contributed by atoms with E-state index in [-0.39, 0.29) is 23.4 Å². The molecule has 0 radical (unpaired) electrons. The van der Waals surface area contributed by atoms with E-state index in [1.54, 1.807) is 4.90 Å². The number of carbonyl (C=O) groups excluding carboxylic acids is 1. The molecule has 1 spiro atoms. The van der Waals surface area contributed by atoms with Gasteiger partial charge >= 0.3 is 6.18 Å². The van der Waals surface area contributed by atoms with Gasteiger partial charge in [-0.2, -0.15) is 13.2 Å². The Morgan fingerprint density at radius 3 is 2.45 bits per heavy atom. The Bertz CT molecular complexity index is 590. The first-order chi connectivity index (χ1) is 10.3. The average Bonchev–Trinajstić information content (AvgIpc) is 2.96. The molecule has 3 rings (SSSR count). The number of hydrogen-bond donors (Lipinski definition) is 0. The van der Waals surface area contributed by atoms with E-state index in [1.807, 2.05) is 0 Å². The molecule has 1 saturated carbocycles. The molecule has 120 valence electrons. The molecule has 1 heterocycles. The Morgan fingerprint density at radius 1 is 1.14 bits per heavy atom. The van der Waals surface area contributed by atoms with Gasteiger partial charge in [0.25, 0.3) is 0 Å². The molecule has 0 aromatic heterocycles. The van der Waals surface area contributed by atoms with Gasteiger partial charge in [-0.1, -0.05) is 12.8 Å². The van der Waals surface area contributed by atoms with Gasteiger partial charge in [-0.3, -0.25) is 4.79 Å². The van der Waals surface area contributed by atoms with Crippen molar-refractivity contribution in [2.45, 2.75) is 44.8 Å². The minimum Gasteiger partial charge on any atom is -0.338 e. The van der Waals surface area contributed by atoms with Gasteiger partial charge < -0.3 is 4.90 Å². The molecule has 1 aromatic carbocycles. The standard InChI is InChI=1S/C16H17F4NO/c17-13-6-11(5-12(7-13)16(18,19)20)9-21-10-15(8-14(21)22)3-1-2-4-15/h5-7H,1-4,8-10H2. The number of alkyl halides is 3. The highest BCUT2D eigenvalue weighted by Crippen LogP contribution is 2.46. The number of likely N-dealkylation sites (tertiary alicyclic amines) is 1. The van der Waals surface area contributed by atoms with Crippen LogP contribution in [0.5, 0.6) is 0 Å². The monoisotopic (exact) mass is 315 g/mol. The van der Waals surface area contributed by atoms with E-state index in [4.69, 9.17) is 0 Å². The van der Waals surface area contributed by atoms with Crippen LogP contribution in [-0.4, -0.2) is 17.4 Å². The highest BCUT2D eigenvalue weighted by molar-refractivity contribution is 5.79. The summed E-state index contributed by atoms with van der Waals surface area (Å²) < 4.78 is 51.6. The van der Waals surface area contributed by atoms with Crippen LogP contribution in [0.15, 0.2) is 18.2 Å². The van der Waals surface area contributed by atoms with Crippen LogP contribution in [0.2, 0.25) is 0 Å². The van der Waals surface area contributed by atoms with Gasteiger partial charge in [-0.05, 0) is 42.0 Å².